The Morgan fingerprint density at radius 3 is 2.36 bits per heavy atom. The fourth-order valence-corrected chi connectivity index (χ4v) is 6.90. The minimum Gasteiger partial charge on any atom is -0.360 e. The van der Waals surface area contributed by atoms with Crippen molar-refractivity contribution in [2.75, 3.05) is 11.9 Å². The van der Waals surface area contributed by atoms with Crippen LogP contribution in [0.15, 0.2) is 30.6 Å². The zero-order chi connectivity index (χ0) is 31.6. The highest BCUT2D eigenvalue weighted by atomic mass is 28.3. The number of pyridine rings is 1. The highest BCUT2D eigenvalue weighted by Crippen LogP contribution is 2.51. The van der Waals surface area contributed by atoms with Crippen molar-refractivity contribution in [2.45, 2.75) is 104 Å². The molecule has 2 saturated carbocycles. The summed E-state index contributed by atoms with van der Waals surface area (Å²) in [6.45, 7) is 16.3. The van der Waals surface area contributed by atoms with Crippen molar-refractivity contribution in [1.82, 2.24) is 29.9 Å². The molecule has 5 rings (SSSR count). The first kappa shape index (κ1) is 32.1. The maximum atomic E-state index is 13.8. The molecule has 3 aromatic rings. The fourth-order valence-electron chi connectivity index (χ4n) is 6.14. The van der Waals surface area contributed by atoms with Crippen LogP contribution in [0, 0.1) is 24.7 Å². The molecular formula is C33H49N7O3Si. The number of carbonyl (C=O) groups excluding carboxylic acids is 2. The van der Waals surface area contributed by atoms with Crippen molar-refractivity contribution in [3.63, 3.8) is 0 Å². The summed E-state index contributed by atoms with van der Waals surface area (Å²) in [7, 11) is -1.16. The molecule has 3 heterocycles. The smallest absolute Gasteiger partial charge is 0.270 e. The van der Waals surface area contributed by atoms with Gasteiger partial charge in [0.15, 0.2) is 0 Å². The molecule has 2 N–H and O–H groups in total. The fraction of sp³-hybridized carbons (Fsp3) is 0.606. The van der Waals surface area contributed by atoms with Crippen molar-refractivity contribution in [3.8, 4) is 11.3 Å². The van der Waals surface area contributed by atoms with Crippen molar-refractivity contribution < 1.29 is 14.3 Å². The van der Waals surface area contributed by atoms with E-state index in [1.807, 2.05) is 37.6 Å². The average Bonchev–Trinajstić information content (AvgIpc) is 3.90. The first-order valence-electron chi connectivity index (χ1n) is 16.2. The van der Waals surface area contributed by atoms with Crippen LogP contribution in [0.5, 0.6) is 0 Å². The highest BCUT2D eigenvalue weighted by molar-refractivity contribution is 6.76. The van der Waals surface area contributed by atoms with Gasteiger partial charge >= 0.3 is 0 Å². The van der Waals surface area contributed by atoms with Crippen molar-refractivity contribution in [3.05, 3.63) is 47.7 Å². The summed E-state index contributed by atoms with van der Waals surface area (Å²) in [6, 6.07) is 6.07. The molecule has 0 aromatic carbocycles. The molecule has 238 valence electrons. The number of amides is 2. The molecule has 2 fully saturated rings. The van der Waals surface area contributed by atoms with Gasteiger partial charge in [0.05, 0.1) is 29.0 Å². The number of hydrogen-bond donors (Lipinski definition) is 2. The maximum absolute atomic E-state index is 13.8. The summed E-state index contributed by atoms with van der Waals surface area (Å²) in [4.78, 5) is 32.0. The molecule has 11 heteroatoms. The third-order valence-electron chi connectivity index (χ3n) is 8.74. The predicted molar refractivity (Wildman–Crippen MR) is 175 cm³/mol. The summed E-state index contributed by atoms with van der Waals surface area (Å²) in [5, 5.41) is 15.3. The van der Waals surface area contributed by atoms with E-state index in [0.717, 1.165) is 67.4 Å². The normalized spacial score (nSPS) is 16.0. The molecule has 10 nitrogen and oxygen atoms in total. The van der Waals surface area contributed by atoms with Gasteiger partial charge in [0.2, 0.25) is 5.91 Å². The molecule has 2 aliphatic rings. The van der Waals surface area contributed by atoms with E-state index in [1.54, 1.807) is 23.1 Å². The van der Waals surface area contributed by atoms with E-state index in [9.17, 15) is 9.59 Å². The van der Waals surface area contributed by atoms with E-state index in [4.69, 9.17) is 14.8 Å². The van der Waals surface area contributed by atoms with Crippen molar-refractivity contribution >= 4 is 25.6 Å². The lowest BCUT2D eigenvalue weighted by Crippen LogP contribution is -2.50. The van der Waals surface area contributed by atoms with Gasteiger partial charge in [-0.25, -0.2) is 4.68 Å². The van der Waals surface area contributed by atoms with E-state index in [2.05, 4.69) is 42.3 Å². The van der Waals surface area contributed by atoms with E-state index >= 15 is 0 Å². The van der Waals surface area contributed by atoms with Crippen molar-refractivity contribution in [2.24, 2.45) is 17.8 Å². The van der Waals surface area contributed by atoms with Crippen LogP contribution < -0.4 is 10.6 Å². The monoisotopic (exact) mass is 619 g/mol. The summed E-state index contributed by atoms with van der Waals surface area (Å²) < 4.78 is 9.63. The van der Waals surface area contributed by atoms with Crippen LogP contribution in [0.4, 0.5) is 5.69 Å². The van der Waals surface area contributed by atoms with Crippen molar-refractivity contribution in [1.29, 1.82) is 0 Å². The molecule has 2 aliphatic carbocycles. The number of carbonyl (C=O) groups is 2. The topological polar surface area (TPSA) is 116 Å². The lowest BCUT2D eigenvalue weighted by Gasteiger charge is -2.27. The second kappa shape index (κ2) is 13.4. The molecule has 0 spiro atoms. The Balaban J connectivity index is 1.30. The van der Waals surface area contributed by atoms with E-state index in [1.165, 1.54) is 0 Å². The lowest BCUT2D eigenvalue weighted by molar-refractivity contribution is -0.119. The highest BCUT2D eigenvalue weighted by Gasteiger charge is 2.48. The molecule has 0 radical (unpaired) electrons. The van der Waals surface area contributed by atoms with Gasteiger partial charge in [0, 0.05) is 32.5 Å². The first-order valence-corrected chi connectivity index (χ1v) is 19.9. The lowest BCUT2D eigenvalue weighted by atomic mass is 9.88. The molecule has 3 aromatic heterocycles. The number of aromatic nitrogens is 5. The second-order valence-electron chi connectivity index (χ2n) is 14.0. The van der Waals surface area contributed by atoms with E-state index in [0.29, 0.717) is 29.9 Å². The van der Waals surface area contributed by atoms with Crippen LogP contribution in [0.3, 0.4) is 0 Å². The zero-order valence-electron chi connectivity index (χ0n) is 27.4. The minimum atomic E-state index is -1.16. The molecule has 0 bridgehead atoms. The molecule has 44 heavy (non-hydrogen) atoms. The Bertz CT molecular complexity index is 1440. The van der Waals surface area contributed by atoms with Gasteiger partial charge in [-0.3, -0.25) is 19.3 Å². The predicted octanol–water partition coefficient (Wildman–Crippen LogP) is 6.08. The van der Waals surface area contributed by atoms with Crippen LogP contribution in [0.25, 0.3) is 11.3 Å². The van der Waals surface area contributed by atoms with Crippen LogP contribution >= 0.6 is 0 Å². The molecule has 0 saturated heterocycles. The number of aryl methyl sites for hydroxylation is 1. The van der Waals surface area contributed by atoms with Gasteiger partial charge in [-0.1, -0.05) is 26.6 Å². The Kier molecular flexibility index (Phi) is 9.74. The van der Waals surface area contributed by atoms with Gasteiger partial charge in [0.1, 0.15) is 18.5 Å². The third kappa shape index (κ3) is 7.66. The van der Waals surface area contributed by atoms with E-state index in [-0.39, 0.29) is 23.8 Å². The molecule has 2 amide bonds. The average molecular weight is 620 g/mol. The minimum absolute atomic E-state index is 0.0386. The Hall–Kier alpha value is -3.31. The summed E-state index contributed by atoms with van der Waals surface area (Å²) >= 11 is 0. The number of ether oxygens (including phenoxy) is 1. The standard InChI is InChI=1S/C33H49N7O3Si/c1-8-27-29(22(4)38-39(27)20-43-17-18-44(5,6)7)26-14-13-25(19-34-26)36-33(42)31(30(23-9-10-23)24-11-12-24)37-32(41)28-15-16-35-40(28)21(2)3/h13-16,19,21,23-24,30-31H,8-12,17-18,20H2,1-7H3,(H,36,42)(H,37,41). The SMILES string of the molecule is CCc1c(-c2ccc(NC(=O)C(NC(=O)c3ccnn3C(C)C)C(C3CC3)C3CC3)cn2)c(C)nn1COCC[Si](C)(C)C. The zero-order valence-corrected chi connectivity index (χ0v) is 28.4. The molecule has 1 atom stereocenters. The van der Waals surface area contributed by atoms with Gasteiger partial charge in [-0.15, -0.1) is 0 Å². The molecule has 1 unspecified atom stereocenters. The quantitative estimate of drug-likeness (QED) is 0.157. The Morgan fingerprint density at radius 1 is 1.09 bits per heavy atom. The summed E-state index contributed by atoms with van der Waals surface area (Å²) in [5.74, 6) is 0.623. The maximum Gasteiger partial charge on any atom is 0.270 e. The number of nitrogens with zero attached hydrogens (tertiary/aromatic N) is 5. The van der Waals surface area contributed by atoms with Gasteiger partial charge in [-0.05, 0) is 94.9 Å². The van der Waals surface area contributed by atoms with Crippen LogP contribution in [0.2, 0.25) is 25.7 Å². The molecular weight excluding hydrogens is 570 g/mol. The second-order valence-corrected chi connectivity index (χ2v) is 19.6. The third-order valence-corrected chi connectivity index (χ3v) is 10.4. The number of hydrogen-bond acceptors (Lipinski definition) is 6. The van der Waals surface area contributed by atoms with Gasteiger partial charge in [-0.2, -0.15) is 10.2 Å². The van der Waals surface area contributed by atoms with E-state index < -0.39 is 14.1 Å². The number of anilines is 1. The Labute approximate surface area is 262 Å². The van der Waals surface area contributed by atoms with Crippen LogP contribution in [0.1, 0.15) is 74.4 Å². The summed E-state index contributed by atoms with van der Waals surface area (Å²) in [5.41, 5.74) is 4.88. The van der Waals surface area contributed by atoms with Crippen LogP contribution in [-0.2, 0) is 22.7 Å². The van der Waals surface area contributed by atoms with Gasteiger partial charge in [0.25, 0.3) is 5.91 Å². The largest absolute Gasteiger partial charge is 0.360 e. The van der Waals surface area contributed by atoms with Gasteiger partial charge < -0.3 is 15.4 Å². The van der Waals surface area contributed by atoms with Crippen LogP contribution in [-0.4, -0.2) is 57.1 Å². The summed E-state index contributed by atoms with van der Waals surface area (Å²) in [6.07, 6.45) is 8.56. The molecule has 0 aliphatic heterocycles. The Morgan fingerprint density at radius 2 is 1.80 bits per heavy atom. The number of nitrogens with one attached hydrogen (secondary N) is 2. The number of rotatable bonds is 15. The first-order chi connectivity index (χ1) is 21.0.